The van der Waals surface area contributed by atoms with Gasteiger partial charge in [-0.3, -0.25) is 19.7 Å². The first-order valence-electron chi connectivity index (χ1n) is 9.96. The molecule has 2 aliphatic heterocycles. The van der Waals surface area contributed by atoms with Crippen LogP contribution in [0.5, 0.6) is 5.75 Å². The van der Waals surface area contributed by atoms with Crippen molar-refractivity contribution in [2.75, 3.05) is 0 Å². The van der Waals surface area contributed by atoms with E-state index in [9.17, 15) is 23.6 Å². The van der Waals surface area contributed by atoms with E-state index in [2.05, 4.69) is 10.6 Å². The first-order valence-corrected chi connectivity index (χ1v) is 9.96. The van der Waals surface area contributed by atoms with Gasteiger partial charge in [-0.15, -0.1) is 0 Å². The van der Waals surface area contributed by atoms with Crippen molar-refractivity contribution in [3.05, 3.63) is 64.5 Å². The van der Waals surface area contributed by atoms with Crippen LogP contribution in [0.1, 0.15) is 39.9 Å². The zero-order chi connectivity index (χ0) is 22.8. The van der Waals surface area contributed by atoms with E-state index in [4.69, 9.17) is 9.84 Å². The highest BCUT2D eigenvalue weighted by atomic mass is 19.1. The number of benzene rings is 2. The molecule has 32 heavy (non-hydrogen) atoms. The Labute approximate surface area is 182 Å². The smallest absolute Gasteiger partial charge is 0.404 e. The quantitative estimate of drug-likeness (QED) is 0.589. The van der Waals surface area contributed by atoms with E-state index < -0.39 is 29.8 Å². The average Bonchev–Trinajstić information content (AvgIpc) is 3.07. The lowest BCUT2D eigenvalue weighted by Gasteiger charge is -2.29. The van der Waals surface area contributed by atoms with Crippen LogP contribution in [0.2, 0.25) is 0 Å². The summed E-state index contributed by atoms with van der Waals surface area (Å²) in [5, 5.41) is 13.2. The van der Waals surface area contributed by atoms with Crippen LogP contribution in [0.25, 0.3) is 0 Å². The zero-order valence-electron chi connectivity index (χ0n) is 16.9. The van der Waals surface area contributed by atoms with Crippen LogP contribution in [0.3, 0.4) is 0 Å². The van der Waals surface area contributed by atoms with Crippen LogP contribution in [-0.2, 0) is 29.3 Å². The molecular formula is C22H20FN3O6. The Balaban J connectivity index is 1.48. The molecule has 4 rings (SSSR count). The molecule has 3 N–H and O–H groups in total. The lowest BCUT2D eigenvalue weighted by molar-refractivity contribution is -0.136. The number of carbonyl (C=O) groups is 4. The largest absolute Gasteiger partial charge is 0.488 e. The van der Waals surface area contributed by atoms with Crippen molar-refractivity contribution >= 4 is 23.8 Å². The molecule has 166 valence electrons. The summed E-state index contributed by atoms with van der Waals surface area (Å²) in [5.74, 6) is -1.82. The van der Waals surface area contributed by atoms with Gasteiger partial charge in [0.15, 0.2) is 0 Å². The van der Waals surface area contributed by atoms with Crippen molar-refractivity contribution in [2.24, 2.45) is 0 Å². The van der Waals surface area contributed by atoms with E-state index in [-0.39, 0.29) is 49.8 Å². The number of rotatable bonds is 6. The lowest BCUT2D eigenvalue weighted by atomic mass is 10.0. The molecule has 0 aliphatic carbocycles. The molecule has 2 aromatic rings. The van der Waals surface area contributed by atoms with Crippen molar-refractivity contribution < 1.29 is 33.4 Å². The van der Waals surface area contributed by atoms with Crippen molar-refractivity contribution in [1.29, 1.82) is 0 Å². The Hall–Kier alpha value is -3.95. The van der Waals surface area contributed by atoms with Crippen LogP contribution < -0.4 is 15.4 Å². The van der Waals surface area contributed by atoms with Crippen LogP contribution in [0.4, 0.5) is 9.18 Å². The molecular weight excluding hydrogens is 421 g/mol. The average molecular weight is 441 g/mol. The first kappa shape index (κ1) is 21.3. The Kier molecular flexibility index (Phi) is 5.76. The molecule has 0 aromatic heterocycles. The maximum absolute atomic E-state index is 14.2. The van der Waals surface area contributed by atoms with E-state index in [1.165, 1.54) is 11.0 Å². The standard InChI is InChI=1S/C22H20FN3O6/c23-14-7-15-16(10-26(21(15)29)17-5-6-19(27)25-20(17)28)18(8-14)32-11-13-3-1-12(2-4-13)9-24-22(30)31/h1-4,7-8,17,24H,5-6,9-11H2,(H,30,31)(H,25,27,28). The molecule has 1 atom stereocenters. The number of piperidine rings is 1. The van der Waals surface area contributed by atoms with Gasteiger partial charge in [-0.05, 0) is 23.6 Å². The number of carbonyl (C=O) groups excluding carboxylic acids is 3. The summed E-state index contributed by atoms with van der Waals surface area (Å²) in [6, 6.07) is 8.55. The van der Waals surface area contributed by atoms with Gasteiger partial charge in [-0.2, -0.15) is 0 Å². The van der Waals surface area contributed by atoms with Gasteiger partial charge >= 0.3 is 6.09 Å². The number of nitrogens with zero attached hydrogens (tertiary/aromatic N) is 1. The first-order chi connectivity index (χ1) is 15.3. The SMILES string of the molecule is O=C(O)NCc1ccc(COc2cc(F)cc3c2CN(C2CCC(=O)NC2=O)C3=O)cc1. The summed E-state index contributed by atoms with van der Waals surface area (Å²) in [4.78, 5) is 48.3. The number of amides is 4. The minimum atomic E-state index is -1.11. The van der Waals surface area contributed by atoms with Crippen molar-refractivity contribution in [1.82, 2.24) is 15.5 Å². The number of hydrogen-bond acceptors (Lipinski definition) is 5. The highest BCUT2D eigenvalue weighted by Gasteiger charge is 2.40. The molecule has 9 nitrogen and oxygen atoms in total. The maximum Gasteiger partial charge on any atom is 0.404 e. The molecule has 10 heteroatoms. The summed E-state index contributed by atoms with van der Waals surface area (Å²) in [6.07, 6.45) is -0.767. The second-order valence-corrected chi connectivity index (χ2v) is 7.59. The van der Waals surface area contributed by atoms with E-state index >= 15 is 0 Å². The lowest BCUT2D eigenvalue weighted by Crippen LogP contribution is -2.52. The molecule has 1 fully saturated rings. The number of carboxylic acid groups (broad SMARTS) is 1. The molecule has 0 spiro atoms. The summed E-state index contributed by atoms with van der Waals surface area (Å²) in [7, 11) is 0. The molecule has 0 bridgehead atoms. The van der Waals surface area contributed by atoms with Crippen LogP contribution >= 0.6 is 0 Å². The fourth-order valence-electron chi connectivity index (χ4n) is 3.81. The van der Waals surface area contributed by atoms with Gasteiger partial charge in [-0.25, -0.2) is 9.18 Å². The highest BCUT2D eigenvalue weighted by Crippen LogP contribution is 2.35. The Bertz CT molecular complexity index is 1100. The minimum Gasteiger partial charge on any atom is -0.488 e. The van der Waals surface area contributed by atoms with E-state index in [1.54, 1.807) is 24.3 Å². The van der Waals surface area contributed by atoms with Crippen LogP contribution in [-0.4, -0.2) is 39.9 Å². The zero-order valence-corrected chi connectivity index (χ0v) is 16.9. The predicted molar refractivity (Wildman–Crippen MR) is 108 cm³/mol. The Morgan fingerprint density at radius 2 is 1.91 bits per heavy atom. The second-order valence-electron chi connectivity index (χ2n) is 7.59. The van der Waals surface area contributed by atoms with Gasteiger partial charge in [0.1, 0.15) is 24.2 Å². The minimum absolute atomic E-state index is 0.0792. The maximum atomic E-state index is 14.2. The van der Waals surface area contributed by atoms with E-state index in [0.717, 1.165) is 17.2 Å². The Morgan fingerprint density at radius 1 is 1.19 bits per heavy atom. The number of hydrogen-bond donors (Lipinski definition) is 3. The number of nitrogens with one attached hydrogen (secondary N) is 2. The number of fused-ring (bicyclic) bond motifs is 1. The normalized spacial score (nSPS) is 17.7. The van der Waals surface area contributed by atoms with Crippen molar-refractivity contribution in [3.8, 4) is 5.75 Å². The van der Waals surface area contributed by atoms with Gasteiger partial charge in [0.25, 0.3) is 5.91 Å². The third-order valence-electron chi connectivity index (χ3n) is 5.44. The fourth-order valence-corrected chi connectivity index (χ4v) is 3.81. The predicted octanol–water partition coefficient (Wildman–Crippen LogP) is 1.93. The molecule has 2 aliphatic rings. The number of halogens is 1. The molecule has 4 amide bonds. The molecule has 1 unspecified atom stereocenters. The third kappa shape index (κ3) is 4.39. The van der Waals surface area contributed by atoms with E-state index in [1.807, 2.05) is 0 Å². The molecule has 1 saturated heterocycles. The van der Waals surface area contributed by atoms with Gasteiger partial charge < -0.3 is 20.1 Å². The summed E-state index contributed by atoms with van der Waals surface area (Å²) >= 11 is 0. The van der Waals surface area contributed by atoms with Crippen LogP contribution in [0, 0.1) is 5.82 Å². The molecule has 0 radical (unpaired) electrons. The second kappa shape index (κ2) is 8.66. The molecule has 0 saturated carbocycles. The third-order valence-corrected chi connectivity index (χ3v) is 5.44. The topological polar surface area (TPSA) is 125 Å². The molecule has 2 heterocycles. The number of ether oxygens (including phenoxy) is 1. The highest BCUT2D eigenvalue weighted by molar-refractivity contribution is 6.05. The van der Waals surface area contributed by atoms with Gasteiger partial charge in [0.2, 0.25) is 11.8 Å². The van der Waals surface area contributed by atoms with Gasteiger partial charge in [-0.1, -0.05) is 24.3 Å². The monoisotopic (exact) mass is 441 g/mol. The van der Waals surface area contributed by atoms with Crippen molar-refractivity contribution in [2.45, 2.75) is 38.6 Å². The van der Waals surface area contributed by atoms with Crippen LogP contribution in [0.15, 0.2) is 36.4 Å². The molecule has 2 aromatic carbocycles. The van der Waals surface area contributed by atoms with Crippen molar-refractivity contribution in [3.63, 3.8) is 0 Å². The van der Waals surface area contributed by atoms with E-state index in [0.29, 0.717) is 5.56 Å². The summed E-state index contributed by atoms with van der Waals surface area (Å²) in [5.41, 5.74) is 2.17. The number of imide groups is 1. The Morgan fingerprint density at radius 3 is 2.59 bits per heavy atom. The summed E-state index contributed by atoms with van der Waals surface area (Å²) in [6.45, 7) is 0.358. The fraction of sp³-hybridized carbons (Fsp3) is 0.273. The van der Waals surface area contributed by atoms with Gasteiger partial charge in [0.05, 0.1) is 12.1 Å². The summed E-state index contributed by atoms with van der Waals surface area (Å²) < 4.78 is 20.0. The van der Waals surface area contributed by atoms with Gasteiger partial charge in [0, 0.05) is 24.6 Å².